The quantitative estimate of drug-likeness (QED) is 0.0204. The molecular weight excluding hydrogens is 967 g/mol. The Balaban J connectivity index is 1.73. The SMILES string of the molecule is CCCCCCC/C=C\C/C=C\C/C=C\CCCCCCCCCCCCCCC(=O)NC(COC1OC(CO)C(OC2OC(CO)C(O)C(O)C2O)C(O)C1O)C(O)/C=C/CC/C=C/CCCCCCCCCCC. The van der Waals surface area contributed by atoms with Gasteiger partial charge in [0.15, 0.2) is 12.6 Å². The van der Waals surface area contributed by atoms with Gasteiger partial charge in [0, 0.05) is 6.42 Å². The predicted octanol–water partition coefficient (Wildman–Crippen LogP) is 10.6. The number of nitrogens with one attached hydrogen (secondary N) is 1. The summed E-state index contributed by atoms with van der Waals surface area (Å²) in [5, 5.41) is 87.0. The Morgan fingerprint density at radius 1 is 0.474 bits per heavy atom. The Kier molecular flexibility index (Phi) is 43.6. The van der Waals surface area contributed by atoms with Crippen LogP contribution in [-0.2, 0) is 23.7 Å². The number of aliphatic hydroxyl groups excluding tert-OH is 8. The van der Waals surface area contributed by atoms with Crippen molar-refractivity contribution in [3.63, 3.8) is 0 Å². The van der Waals surface area contributed by atoms with Crippen molar-refractivity contribution in [2.75, 3.05) is 19.8 Å². The fourth-order valence-corrected chi connectivity index (χ4v) is 9.73. The van der Waals surface area contributed by atoms with E-state index in [-0.39, 0.29) is 18.9 Å². The van der Waals surface area contributed by atoms with Crippen LogP contribution in [-0.4, -0.2) is 140 Å². The molecule has 0 radical (unpaired) electrons. The number of amides is 1. The standard InChI is InChI=1S/C62H111NO13/c1-3-5-7-9-11-13-15-17-19-20-21-22-23-24-25-26-27-28-29-30-32-34-36-38-40-42-44-46-54(67)63-50(51(66)45-43-41-39-37-35-33-31-18-16-14-12-10-8-6-4-2)49-73-61-59(72)57(70)60(53(48-65)75-61)76-62-58(71)56(69)55(68)52(47-64)74-62/h15,17,20-21,23-24,35,37,43,45,50-53,55-62,64-66,68-72H,3-14,16,18-19,22,25-34,36,38-42,44,46-49H2,1-2H3,(H,63,67)/b17-15-,21-20-,24-23-,37-35+,45-43+. The largest absolute Gasteiger partial charge is 0.394 e. The van der Waals surface area contributed by atoms with Crippen LogP contribution in [0.4, 0.5) is 0 Å². The number of allylic oxidation sites excluding steroid dienone is 9. The molecule has 14 heteroatoms. The van der Waals surface area contributed by atoms with Gasteiger partial charge in [-0.25, -0.2) is 0 Å². The average molecular weight is 1080 g/mol. The third-order valence-electron chi connectivity index (χ3n) is 14.7. The molecule has 76 heavy (non-hydrogen) atoms. The van der Waals surface area contributed by atoms with Crippen LogP contribution in [0.25, 0.3) is 0 Å². The highest BCUT2D eigenvalue weighted by atomic mass is 16.7. The van der Waals surface area contributed by atoms with Crippen LogP contribution < -0.4 is 5.32 Å². The van der Waals surface area contributed by atoms with Gasteiger partial charge in [0.05, 0.1) is 32.0 Å². The molecule has 12 atom stereocenters. The van der Waals surface area contributed by atoms with Gasteiger partial charge in [-0.3, -0.25) is 4.79 Å². The lowest BCUT2D eigenvalue weighted by Gasteiger charge is -2.46. The maximum absolute atomic E-state index is 13.3. The molecule has 2 rings (SSSR count). The summed E-state index contributed by atoms with van der Waals surface area (Å²) in [5.74, 6) is -0.252. The normalized spacial score (nSPS) is 25.3. The fraction of sp³-hybridized carbons (Fsp3) is 0.823. The van der Waals surface area contributed by atoms with Gasteiger partial charge >= 0.3 is 0 Å². The smallest absolute Gasteiger partial charge is 0.220 e. The van der Waals surface area contributed by atoms with Crippen LogP contribution in [0.3, 0.4) is 0 Å². The first kappa shape index (κ1) is 69.8. The zero-order valence-corrected chi connectivity index (χ0v) is 47.5. The molecule has 0 bridgehead atoms. The van der Waals surface area contributed by atoms with E-state index < -0.39 is 86.8 Å². The van der Waals surface area contributed by atoms with Crippen molar-refractivity contribution in [3.8, 4) is 0 Å². The van der Waals surface area contributed by atoms with Crippen LogP contribution in [0.2, 0.25) is 0 Å². The summed E-state index contributed by atoms with van der Waals surface area (Å²) in [7, 11) is 0. The second-order valence-electron chi connectivity index (χ2n) is 21.5. The number of carbonyl (C=O) groups is 1. The molecule has 0 aliphatic carbocycles. The number of carbonyl (C=O) groups excluding carboxylic acids is 1. The van der Waals surface area contributed by atoms with E-state index in [1.165, 1.54) is 154 Å². The van der Waals surface area contributed by atoms with E-state index in [0.717, 1.165) is 44.9 Å². The van der Waals surface area contributed by atoms with Crippen molar-refractivity contribution < 1.29 is 64.6 Å². The van der Waals surface area contributed by atoms with Crippen LogP contribution in [0.5, 0.6) is 0 Å². The van der Waals surface area contributed by atoms with Gasteiger partial charge in [-0.05, 0) is 70.6 Å². The van der Waals surface area contributed by atoms with E-state index in [0.29, 0.717) is 12.8 Å². The molecule has 9 N–H and O–H groups in total. The third-order valence-corrected chi connectivity index (χ3v) is 14.7. The Morgan fingerprint density at radius 3 is 1.38 bits per heavy atom. The van der Waals surface area contributed by atoms with Gasteiger partial charge in [-0.2, -0.15) is 0 Å². The summed E-state index contributed by atoms with van der Waals surface area (Å²) >= 11 is 0. The van der Waals surface area contributed by atoms with Gasteiger partial charge in [-0.15, -0.1) is 0 Å². The van der Waals surface area contributed by atoms with Crippen molar-refractivity contribution in [2.24, 2.45) is 0 Å². The van der Waals surface area contributed by atoms with Crippen molar-refractivity contribution in [3.05, 3.63) is 60.8 Å². The minimum Gasteiger partial charge on any atom is -0.394 e. The zero-order chi connectivity index (χ0) is 55.3. The molecule has 2 fully saturated rings. The molecule has 2 saturated heterocycles. The molecular formula is C62H111NO13. The Hall–Kier alpha value is -2.31. The highest BCUT2D eigenvalue weighted by molar-refractivity contribution is 5.76. The molecule has 0 aromatic heterocycles. The molecule has 0 spiro atoms. The summed E-state index contributed by atoms with van der Waals surface area (Å²) in [4.78, 5) is 13.3. The molecule has 14 nitrogen and oxygen atoms in total. The molecule has 0 aromatic rings. The van der Waals surface area contributed by atoms with Gasteiger partial charge in [0.25, 0.3) is 0 Å². The van der Waals surface area contributed by atoms with Crippen LogP contribution >= 0.6 is 0 Å². The number of unbranched alkanes of at least 4 members (excludes halogenated alkanes) is 27. The van der Waals surface area contributed by atoms with Crippen molar-refractivity contribution in [2.45, 2.75) is 306 Å². The molecule has 2 heterocycles. The topological polar surface area (TPSA) is 228 Å². The first-order valence-electron chi connectivity index (χ1n) is 30.5. The molecule has 0 aromatic carbocycles. The lowest BCUT2D eigenvalue weighted by atomic mass is 9.97. The van der Waals surface area contributed by atoms with Crippen molar-refractivity contribution in [1.29, 1.82) is 0 Å². The lowest BCUT2D eigenvalue weighted by molar-refractivity contribution is -0.359. The summed E-state index contributed by atoms with van der Waals surface area (Å²) < 4.78 is 22.8. The lowest BCUT2D eigenvalue weighted by Crippen LogP contribution is -2.65. The van der Waals surface area contributed by atoms with E-state index in [9.17, 15) is 45.6 Å². The second-order valence-corrected chi connectivity index (χ2v) is 21.5. The third kappa shape index (κ3) is 32.7. The average Bonchev–Trinajstić information content (AvgIpc) is 3.42. The first-order chi connectivity index (χ1) is 37.1. The highest BCUT2D eigenvalue weighted by Crippen LogP contribution is 2.30. The molecule has 2 aliphatic rings. The fourth-order valence-electron chi connectivity index (χ4n) is 9.73. The number of hydrogen-bond donors (Lipinski definition) is 9. The summed E-state index contributed by atoms with van der Waals surface area (Å²) in [6, 6.07) is -0.934. The van der Waals surface area contributed by atoms with Crippen LogP contribution in [0.1, 0.15) is 232 Å². The van der Waals surface area contributed by atoms with E-state index in [1.54, 1.807) is 6.08 Å². The van der Waals surface area contributed by atoms with E-state index in [1.807, 2.05) is 6.08 Å². The monoisotopic (exact) mass is 1080 g/mol. The van der Waals surface area contributed by atoms with E-state index in [2.05, 4.69) is 67.8 Å². The zero-order valence-electron chi connectivity index (χ0n) is 47.5. The molecule has 442 valence electrons. The molecule has 0 saturated carbocycles. The Labute approximate surface area is 460 Å². The molecule has 2 aliphatic heterocycles. The van der Waals surface area contributed by atoms with Gasteiger partial charge in [-0.1, -0.05) is 216 Å². The second kappa shape index (κ2) is 47.5. The Bertz CT molecular complexity index is 1510. The van der Waals surface area contributed by atoms with Gasteiger partial charge < -0.3 is 65.1 Å². The summed E-state index contributed by atoms with van der Waals surface area (Å²) in [5.41, 5.74) is 0. The van der Waals surface area contributed by atoms with Crippen molar-refractivity contribution in [1.82, 2.24) is 5.32 Å². The van der Waals surface area contributed by atoms with Crippen LogP contribution in [0, 0.1) is 0 Å². The predicted molar refractivity (Wildman–Crippen MR) is 304 cm³/mol. The van der Waals surface area contributed by atoms with Gasteiger partial charge in [0.2, 0.25) is 5.91 Å². The maximum atomic E-state index is 13.3. The van der Waals surface area contributed by atoms with E-state index in [4.69, 9.17) is 18.9 Å². The van der Waals surface area contributed by atoms with E-state index >= 15 is 0 Å². The minimum absolute atomic E-state index is 0.252. The number of ether oxygens (including phenoxy) is 4. The van der Waals surface area contributed by atoms with Crippen molar-refractivity contribution >= 4 is 5.91 Å². The number of hydrogen-bond acceptors (Lipinski definition) is 13. The highest BCUT2D eigenvalue weighted by Gasteiger charge is 2.51. The minimum atomic E-state index is -1.79. The maximum Gasteiger partial charge on any atom is 0.220 e. The number of aliphatic hydroxyl groups is 8. The van der Waals surface area contributed by atoms with Gasteiger partial charge in [0.1, 0.15) is 48.8 Å². The Morgan fingerprint density at radius 2 is 0.882 bits per heavy atom. The number of rotatable bonds is 48. The molecule has 1 amide bonds. The first-order valence-corrected chi connectivity index (χ1v) is 30.5. The molecule has 12 unspecified atom stereocenters. The van der Waals surface area contributed by atoms with Crippen LogP contribution in [0.15, 0.2) is 60.8 Å². The summed E-state index contributed by atoms with van der Waals surface area (Å²) in [6.07, 6.45) is 44.0. The summed E-state index contributed by atoms with van der Waals surface area (Å²) in [6.45, 7) is 2.76.